The molecule has 0 amide bonds. The predicted molar refractivity (Wildman–Crippen MR) is 86.0 cm³/mol. The molecule has 3 nitrogen and oxygen atoms in total. The summed E-state index contributed by atoms with van der Waals surface area (Å²) in [5.41, 5.74) is 1.42. The molecule has 20 heavy (non-hydrogen) atoms. The first-order valence-electron chi connectivity index (χ1n) is 8.15. The Hall–Kier alpha value is -0.800. The van der Waals surface area contributed by atoms with Gasteiger partial charge < -0.3 is 14.8 Å². The summed E-state index contributed by atoms with van der Waals surface area (Å²) >= 11 is 0. The number of aryl methyl sites for hydroxylation is 1. The van der Waals surface area contributed by atoms with E-state index in [1.54, 1.807) is 0 Å². The fraction of sp³-hybridized carbons (Fsp3) is 0.765. The minimum absolute atomic E-state index is 0.466. The molecule has 1 aromatic heterocycles. The van der Waals surface area contributed by atoms with Crippen molar-refractivity contribution in [2.75, 3.05) is 20.6 Å². The third-order valence-corrected chi connectivity index (χ3v) is 4.75. The highest BCUT2D eigenvalue weighted by molar-refractivity contribution is 5.16. The van der Waals surface area contributed by atoms with E-state index in [2.05, 4.69) is 61.2 Å². The van der Waals surface area contributed by atoms with Gasteiger partial charge in [-0.15, -0.1) is 0 Å². The lowest BCUT2D eigenvalue weighted by Crippen LogP contribution is -2.36. The van der Waals surface area contributed by atoms with Gasteiger partial charge in [0.2, 0.25) is 0 Å². The Bertz CT molecular complexity index is 397. The second-order valence-corrected chi connectivity index (χ2v) is 6.61. The Morgan fingerprint density at radius 3 is 2.80 bits per heavy atom. The molecule has 1 aromatic rings. The van der Waals surface area contributed by atoms with Crippen molar-refractivity contribution in [3.63, 3.8) is 0 Å². The smallest absolute Gasteiger partial charge is 0.0355 e. The van der Waals surface area contributed by atoms with Gasteiger partial charge in [0.15, 0.2) is 0 Å². The minimum atomic E-state index is 0.466. The van der Waals surface area contributed by atoms with Crippen LogP contribution >= 0.6 is 0 Å². The van der Waals surface area contributed by atoms with Crippen LogP contribution in [0, 0.1) is 5.92 Å². The summed E-state index contributed by atoms with van der Waals surface area (Å²) in [6.45, 7) is 6.96. The summed E-state index contributed by atoms with van der Waals surface area (Å²) in [7, 11) is 4.33. The van der Waals surface area contributed by atoms with E-state index in [-0.39, 0.29) is 0 Å². The van der Waals surface area contributed by atoms with E-state index in [0.717, 1.165) is 12.6 Å². The largest absolute Gasteiger partial charge is 0.354 e. The van der Waals surface area contributed by atoms with Gasteiger partial charge in [-0.3, -0.25) is 0 Å². The molecule has 2 rings (SSSR count). The quantitative estimate of drug-likeness (QED) is 0.861. The summed E-state index contributed by atoms with van der Waals surface area (Å²) in [6.07, 6.45) is 9.99. The van der Waals surface area contributed by atoms with Crippen LogP contribution in [0.1, 0.15) is 51.1 Å². The van der Waals surface area contributed by atoms with Crippen LogP contribution in [0.15, 0.2) is 18.5 Å². The lowest BCUT2D eigenvalue weighted by Gasteiger charge is -2.32. The van der Waals surface area contributed by atoms with Crippen molar-refractivity contribution in [2.45, 2.75) is 58.2 Å². The van der Waals surface area contributed by atoms with Crippen molar-refractivity contribution in [1.82, 2.24) is 14.8 Å². The molecule has 0 aliphatic carbocycles. The molecular weight excluding hydrogens is 246 g/mol. The molecule has 1 fully saturated rings. The topological polar surface area (TPSA) is 20.2 Å². The summed E-state index contributed by atoms with van der Waals surface area (Å²) in [6, 6.07) is 3.51. The molecule has 2 atom stereocenters. The van der Waals surface area contributed by atoms with Gasteiger partial charge in [-0.05, 0) is 57.5 Å². The van der Waals surface area contributed by atoms with Gasteiger partial charge in [0.25, 0.3) is 0 Å². The highest BCUT2D eigenvalue weighted by atomic mass is 15.1. The van der Waals surface area contributed by atoms with Crippen LogP contribution in [0.4, 0.5) is 0 Å². The summed E-state index contributed by atoms with van der Waals surface area (Å²) in [5, 5.41) is 3.42. The summed E-state index contributed by atoms with van der Waals surface area (Å²) in [4.78, 5) is 2.54. The van der Waals surface area contributed by atoms with E-state index in [1.807, 2.05) is 0 Å². The average molecular weight is 277 g/mol. The molecule has 114 valence electrons. The van der Waals surface area contributed by atoms with E-state index in [1.165, 1.54) is 37.8 Å². The number of hydrogen-bond acceptors (Lipinski definition) is 2. The average Bonchev–Trinajstić information content (AvgIpc) is 2.87. The fourth-order valence-electron chi connectivity index (χ4n) is 3.47. The van der Waals surface area contributed by atoms with Crippen LogP contribution < -0.4 is 5.32 Å². The van der Waals surface area contributed by atoms with Gasteiger partial charge in [-0.1, -0.05) is 20.3 Å². The lowest BCUT2D eigenvalue weighted by atomic mass is 9.99. The van der Waals surface area contributed by atoms with Crippen LogP contribution in [-0.4, -0.2) is 36.1 Å². The molecule has 2 heterocycles. The van der Waals surface area contributed by atoms with Gasteiger partial charge in [-0.25, -0.2) is 0 Å². The normalized spacial score (nSPS) is 22.4. The monoisotopic (exact) mass is 277 g/mol. The van der Waals surface area contributed by atoms with Crippen LogP contribution in [-0.2, 0) is 6.54 Å². The van der Waals surface area contributed by atoms with Crippen molar-refractivity contribution in [3.8, 4) is 0 Å². The van der Waals surface area contributed by atoms with Gasteiger partial charge in [0.05, 0.1) is 0 Å². The van der Waals surface area contributed by atoms with E-state index in [0.29, 0.717) is 12.0 Å². The Labute approximate surface area is 124 Å². The Balaban J connectivity index is 1.89. The molecule has 1 saturated heterocycles. The van der Waals surface area contributed by atoms with Crippen LogP contribution in [0.3, 0.4) is 0 Å². The number of hydrogen-bond donors (Lipinski definition) is 1. The van der Waals surface area contributed by atoms with E-state index in [4.69, 9.17) is 0 Å². The minimum Gasteiger partial charge on any atom is -0.354 e. The zero-order valence-electron chi connectivity index (χ0n) is 13.6. The first-order valence-corrected chi connectivity index (χ1v) is 8.15. The number of likely N-dealkylation sites (tertiary alicyclic amines) is 1. The number of nitrogens with zero attached hydrogens (tertiary/aromatic N) is 2. The Morgan fingerprint density at radius 1 is 1.35 bits per heavy atom. The first-order chi connectivity index (χ1) is 9.61. The molecule has 0 saturated carbocycles. The van der Waals surface area contributed by atoms with Crippen LogP contribution in [0.5, 0.6) is 0 Å². The van der Waals surface area contributed by atoms with Gasteiger partial charge in [0.1, 0.15) is 0 Å². The molecule has 1 aliphatic rings. The molecule has 0 radical (unpaired) electrons. The first kappa shape index (κ1) is 15.6. The lowest BCUT2D eigenvalue weighted by molar-refractivity contribution is 0.171. The van der Waals surface area contributed by atoms with E-state index < -0.39 is 0 Å². The Morgan fingerprint density at radius 2 is 2.15 bits per heavy atom. The highest BCUT2D eigenvalue weighted by Crippen LogP contribution is 2.22. The standard InChI is InChI=1S/C17H31N3/c1-14(2)17(18-3)15-8-11-20(13-15)12-9-16-7-5-6-10-19(16)4/h8,11,13-14,16-18H,5-7,9-10,12H2,1-4H3. The zero-order chi connectivity index (χ0) is 14.5. The van der Waals surface area contributed by atoms with Crippen molar-refractivity contribution in [1.29, 1.82) is 0 Å². The highest BCUT2D eigenvalue weighted by Gasteiger charge is 2.19. The second-order valence-electron chi connectivity index (χ2n) is 6.61. The van der Waals surface area contributed by atoms with Crippen LogP contribution in [0.25, 0.3) is 0 Å². The number of nitrogens with one attached hydrogen (secondary N) is 1. The molecule has 0 spiro atoms. The predicted octanol–water partition coefficient (Wildman–Crippen LogP) is 3.28. The van der Waals surface area contributed by atoms with Crippen molar-refractivity contribution in [2.24, 2.45) is 5.92 Å². The third kappa shape index (κ3) is 3.86. The molecule has 0 aromatic carbocycles. The second kappa shape index (κ2) is 7.28. The van der Waals surface area contributed by atoms with E-state index >= 15 is 0 Å². The summed E-state index contributed by atoms with van der Waals surface area (Å²) < 4.78 is 2.37. The third-order valence-electron chi connectivity index (χ3n) is 4.75. The summed E-state index contributed by atoms with van der Waals surface area (Å²) in [5.74, 6) is 0.625. The van der Waals surface area contributed by atoms with Crippen molar-refractivity contribution >= 4 is 0 Å². The molecule has 2 unspecified atom stereocenters. The maximum absolute atomic E-state index is 3.42. The fourth-order valence-corrected chi connectivity index (χ4v) is 3.47. The van der Waals surface area contributed by atoms with Gasteiger partial charge in [-0.2, -0.15) is 0 Å². The van der Waals surface area contributed by atoms with E-state index in [9.17, 15) is 0 Å². The molecule has 0 bridgehead atoms. The molecule has 3 heteroatoms. The maximum atomic E-state index is 3.42. The van der Waals surface area contributed by atoms with Crippen molar-refractivity contribution < 1.29 is 0 Å². The SMILES string of the molecule is CNC(c1ccn(CCC2CCCCN2C)c1)C(C)C. The van der Waals surface area contributed by atoms with Gasteiger partial charge in [0, 0.05) is 31.0 Å². The van der Waals surface area contributed by atoms with Crippen molar-refractivity contribution in [3.05, 3.63) is 24.0 Å². The maximum Gasteiger partial charge on any atom is 0.0355 e. The molecule has 1 N–H and O–H groups in total. The molecule has 1 aliphatic heterocycles. The number of piperidine rings is 1. The molecular formula is C17H31N3. The zero-order valence-corrected chi connectivity index (χ0v) is 13.6. The number of aromatic nitrogens is 1. The van der Waals surface area contributed by atoms with Crippen LogP contribution in [0.2, 0.25) is 0 Å². The Kier molecular flexibility index (Phi) is 5.67. The number of rotatable bonds is 6. The van der Waals surface area contributed by atoms with Gasteiger partial charge >= 0.3 is 0 Å².